The van der Waals surface area contributed by atoms with Gasteiger partial charge < -0.3 is 5.11 Å². The van der Waals surface area contributed by atoms with Crippen molar-refractivity contribution in [3.8, 4) is 0 Å². The Labute approximate surface area is 136 Å². The van der Waals surface area contributed by atoms with Gasteiger partial charge in [0.1, 0.15) is 5.70 Å². The van der Waals surface area contributed by atoms with E-state index in [1.807, 2.05) is 26.2 Å². The Morgan fingerprint density at radius 1 is 1.25 bits per heavy atom. The van der Waals surface area contributed by atoms with E-state index in [0.717, 1.165) is 5.56 Å². The number of nitrogens with one attached hydrogen (secondary N) is 1. The maximum Gasteiger partial charge on any atom is 0.291 e. The third-order valence-corrected chi connectivity index (χ3v) is 3.85. The van der Waals surface area contributed by atoms with Crippen LogP contribution in [0.3, 0.4) is 0 Å². The summed E-state index contributed by atoms with van der Waals surface area (Å²) in [5.74, 6) is -1.02. The lowest BCUT2D eigenvalue weighted by molar-refractivity contribution is -0.168. The van der Waals surface area contributed by atoms with Gasteiger partial charge >= 0.3 is 0 Å². The molecule has 0 spiro atoms. The summed E-state index contributed by atoms with van der Waals surface area (Å²) in [6.45, 7) is 5.88. The third kappa shape index (κ3) is 3.24. The van der Waals surface area contributed by atoms with Gasteiger partial charge in [-0.15, -0.1) is 0 Å². The molecule has 1 aliphatic rings. The Morgan fingerprint density at radius 3 is 2.21 bits per heavy atom. The molecule has 1 fully saturated rings. The zero-order valence-corrected chi connectivity index (χ0v) is 13.4. The van der Waals surface area contributed by atoms with Crippen LogP contribution < -0.4 is 5.43 Å². The second-order valence-corrected chi connectivity index (χ2v) is 6.67. The van der Waals surface area contributed by atoms with Crippen LogP contribution in [-0.4, -0.2) is 28.2 Å². The van der Waals surface area contributed by atoms with Crippen LogP contribution >= 0.6 is 0 Å². The van der Waals surface area contributed by atoms with Gasteiger partial charge in [0.15, 0.2) is 0 Å². The number of carbonyl (C=O) groups excluding carboxylic acids is 1. The van der Waals surface area contributed by atoms with E-state index < -0.39 is 36.3 Å². The number of hydrazine groups is 1. The van der Waals surface area contributed by atoms with E-state index in [0.29, 0.717) is 0 Å². The Bertz CT molecular complexity index is 664. The lowest BCUT2D eigenvalue weighted by atomic mass is 9.86. The zero-order valence-electron chi connectivity index (χ0n) is 13.4. The average molecular weight is 346 g/mol. The van der Waals surface area contributed by atoms with E-state index in [9.17, 15) is 27.5 Å². The molecule has 1 saturated heterocycles. The van der Waals surface area contributed by atoms with Crippen molar-refractivity contribution < 1.29 is 27.5 Å². The summed E-state index contributed by atoms with van der Waals surface area (Å²) in [5.41, 5.74) is -1.32. The topological polar surface area (TPSA) is 52.6 Å². The second kappa shape index (κ2) is 6.08. The predicted octanol–water partition coefficient (Wildman–Crippen LogP) is 3.40. The van der Waals surface area contributed by atoms with E-state index in [1.54, 1.807) is 12.1 Å². The number of hydrogen-bond donors (Lipinski definition) is 2. The maximum absolute atomic E-state index is 13.2. The first-order chi connectivity index (χ1) is 11.0. The number of aliphatic hydroxyl groups is 1. The molecule has 1 heterocycles. The summed E-state index contributed by atoms with van der Waals surface area (Å²) in [4.78, 5) is 12.4. The number of rotatable bonds is 2. The van der Waals surface area contributed by atoms with Crippen molar-refractivity contribution >= 4 is 5.91 Å². The summed E-state index contributed by atoms with van der Waals surface area (Å²) in [5, 5.41) is 10.2. The monoisotopic (exact) mass is 346 g/mol. The Balaban J connectivity index is 2.35. The summed E-state index contributed by atoms with van der Waals surface area (Å²) < 4.78 is 51.7. The highest BCUT2D eigenvalue weighted by molar-refractivity contribution is 5.94. The van der Waals surface area contributed by atoms with E-state index in [1.165, 1.54) is 12.1 Å². The molecule has 0 saturated carbocycles. The van der Waals surface area contributed by atoms with Crippen LogP contribution in [0.5, 0.6) is 0 Å². The van der Waals surface area contributed by atoms with E-state index in [4.69, 9.17) is 0 Å². The highest BCUT2D eigenvalue weighted by atomic mass is 19.3. The minimum atomic E-state index is -3.42. The lowest BCUT2D eigenvalue weighted by Crippen LogP contribution is -2.55. The van der Waals surface area contributed by atoms with Gasteiger partial charge in [-0.25, -0.2) is 13.8 Å². The molecule has 8 heteroatoms. The van der Waals surface area contributed by atoms with Crippen LogP contribution in [0.25, 0.3) is 0 Å². The first-order valence-electron chi connectivity index (χ1n) is 7.23. The summed E-state index contributed by atoms with van der Waals surface area (Å²) in [6.07, 6.45) is -6.74. The van der Waals surface area contributed by atoms with Gasteiger partial charge in [-0.2, -0.15) is 8.78 Å². The molecule has 1 aromatic rings. The van der Waals surface area contributed by atoms with Crippen LogP contribution in [0.15, 0.2) is 36.0 Å². The minimum absolute atomic E-state index is 0.00455. The summed E-state index contributed by atoms with van der Waals surface area (Å²) in [7, 11) is 0. The molecule has 1 aliphatic heterocycles. The second-order valence-electron chi connectivity index (χ2n) is 6.67. The van der Waals surface area contributed by atoms with Gasteiger partial charge in [-0.3, -0.25) is 10.2 Å². The molecule has 4 nitrogen and oxygen atoms in total. The number of hydrogen-bond acceptors (Lipinski definition) is 3. The fraction of sp³-hybridized carbons (Fsp3) is 0.438. The van der Waals surface area contributed by atoms with Crippen molar-refractivity contribution in [1.82, 2.24) is 10.4 Å². The molecule has 0 bridgehead atoms. The molecule has 1 amide bonds. The van der Waals surface area contributed by atoms with E-state index in [-0.39, 0.29) is 16.0 Å². The standard InChI is InChI=1S/C16H18F4N2O2/c1-15(2,3)10-6-4-9(5-7-10)13(23)22-16(24,14(19)20)8-11(21-22)12(17)18/h4-7,14,21,24H,8H2,1-3H3. The molecule has 0 radical (unpaired) electrons. The van der Waals surface area contributed by atoms with Crippen molar-refractivity contribution in [3.05, 3.63) is 47.2 Å². The molecule has 1 aromatic carbocycles. The fourth-order valence-electron chi connectivity index (χ4n) is 2.36. The van der Waals surface area contributed by atoms with Gasteiger partial charge in [0.25, 0.3) is 18.4 Å². The Morgan fingerprint density at radius 2 is 1.79 bits per heavy atom. The lowest BCUT2D eigenvalue weighted by Gasteiger charge is -2.31. The first-order valence-corrected chi connectivity index (χ1v) is 7.23. The van der Waals surface area contributed by atoms with Crippen molar-refractivity contribution in [1.29, 1.82) is 0 Å². The zero-order chi connectivity index (χ0) is 18.3. The van der Waals surface area contributed by atoms with Gasteiger partial charge in [0.05, 0.1) is 6.42 Å². The molecule has 0 aromatic heterocycles. The first kappa shape index (κ1) is 18.3. The van der Waals surface area contributed by atoms with E-state index >= 15 is 0 Å². The normalized spacial score (nSPS) is 21.2. The molecule has 132 valence electrons. The van der Waals surface area contributed by atoms with Crippen LogP contribution in [0.1, 0.15) is 43.1 Å². The smallest absolute Gasteiger partial charge is 0.291 e. The number of nitrogens with zero attached hydrogens (tertiary/aromatic N) is 1. The Hall–Kier alpha value is -2.09. The molecule has 0 aliphatic carbocycles. The molecule has 1 unspecified atom stereocenters. The number of benzene rings is 1. The quantitative estimate of drug-likeness (QED) is 0.807. The van der Waals surface area contributed by atoms with Gasteiger partial charge in [0, 0.05) is 5.56 Å². The summed E-state index contributed by atoms with van der Waals surface area (Å²) >= 11 is 0. The largest absolute Gasteiger partial charge is 0.364 e. The average Bonchev–Trinajstić information content (AvgIpc) is 2.85. The molecule has 24 heavy (non-hydrogen) atoms. The highest BCUT2D eigenvalue weighted by Gasteiger charge is 2.53. The number of halogens is 4. The van der Waals surface area contributed by atoms with Crippen molar-refractivity contribution in [2.24, 2.45) is 0 Å². The minimum Gasteiger partial charge on any atom is -0.364 e. The third-order valence-electron chi connectivity index (χ3n) is 3.85. The van der Waals surface area contributed by atoms with E-state index in [2.05, 4.69) is 0 Å². The SMILES string of the molecule is CC(C)(C)c1ccc(C(=O)N2NC(=C(F)F)CC2(O)C(F)F)cc1. The van der Waals surface area contributed by atoms with Gasteiger partial charge in [-0.05, 0) is 23.1 Å². The fourth-order valence-corrected chi connectivity index (χ4v) is 2.36. The van der Waals surface area contributed by atoms with Crippen LogP contribution in [0.4, 0.5) is 17.6 Å². The van der Waals surface area contributed by atoms with Crippen LogP contribution in [0, 0.1) is 0 Å². The Kier molecular flexibility index (Phi) is 4.63. The molecule has 2 rings (SSSR count). The van der Waals surface area contributed by atoms with Crippen molar-refractivity contribution in [3.63, 3.8) is 0 Å². The van der Waals surface area contributed by atoms with Crippen LogP contribution in [-0.2, 0) is 5.41 Å². The number of alkyl halides is 2. The molecule has 1 atom stereocenters. The highest BCUT2D eigenvalue weighted by Crippen LogP contribution is 2.35. The molecular weight excluding hydrogens is 328 g/mol. The van der Waals surface area contributed by atoms with Crippen molar-refractivity contribution in [2.75, 3.05) is 0 Å². The maximum atomic E-state index is 13.2. The summed E-state index contributed by atoms with van der Waals surface area (Å²) in [6, 6.07) is 6.11. The van der Waals surface area contributed by atoms with Crippen molar-refractivity contribution in [2.45, 2.75) is 44.8 Å². The molecular formula is C16H18F4N2O2. The number of amides is 1. The predicted molar refractivity (Wildman–Crippen MR) is 79.3 cm³/mol. The van der Waals surface area contributed by atoms with Crippen LogP contribution in [0.2, 0.25) is 0 Å². The molecule has 2 N–H and O–H groups in total. The van der Waals surface area contributed by atoms with Gasteiger partial charge in [0.2, 0.25) is 5.72 Å². The van der Waals surface area contributed by atoms with Gasteiger partial charge in [-0.1, -0.05) is 32.9 Å². The number of carbonyl (C=O) groups is 1.